The summed E-state index contributed by atoms with van der Waals surface area (Å²) in [5.41, 5.74) is 0.361. The van der Waals surface area contributed by atoms with E-state index in [1.807, 2.05) is 12.1 Å². The lowest BCUT2D eigenvalue weighted by Crippen LogP contribution is -2.60. The third-order valence-electron chi connectivity index (χ3n) is 6.46. The van der Waals surface area contributed by atoms with E-state index in [2.05, 4.69) is 21.6 Å². The van der Waals surface area contributed by atoms with Crippen molar-refractivity contribution in [2.45, 2.75) is 50.0 Å². The van der Waals surface area contributed by atoms with Crippen LogP contribution in [0.3, 0.4) is 0 Å². The van der Waals surface area contributed by atoms with Crippen molar-refractivity contribution in [3.63, 3.8) is 0 Å². The molecule has 2 N–H and O–H groups in total. The van der Waals surface area contributed by atoms with Crippen LogP contribution in [-0.2, 0) is 0 Å². The lowest BCUT2D eigenvalue weighted by atomic mass is 9.89. The van der Waals surface area contributed by atoms with Crippen LogP contribution in [0.25, 0.3) is 0 Å². The number of rotatable bonds is 3. The van der Waals surface area contributed by atoms with Gasteiger partial charge in [-0.25, -0.2) is 4.39 Å². The van der Waals surface area contributed by atoms with Gasteiger partial charge in [0, 0.05) is 57.0 Å². The highest BCUT2D eigenvalue weighted by atomic mass is 19.1. The molecule has 3 atom stereocenters. The molecule has 0 spiro atoms. The van der Waals surface area contributed by atoms with Gasteiger partial charge in [-0.1, -0.05) is 0 Å². The average molecular weight is 363 g/mol. The molecule has 6 heteroatoms. The SMILES string of the molecule is C[C@H]1CN2C[C@H](O)C[C@@H]2CN1CC1(O)CCN(c2ccc(F)cc2)CC1. The fourth-order valence-electron chi connectivity index (χ4n) is 4.87. The molecule has 0 aromatic heterocycles. The van der Waals surface area contributed by atoms with Crippen molar-refractivity contribution in [1.29, 1.82) is 0 Å². The summed E-state index contributed by atoms with van der Waals surface area (Å²) >= 11 is 0. The topological polar surface area (TPSA) is 50.2 Å². The van der Waals surface area contributed by atoms with Crippen LogP contribution in [0, 0.1) is 5.82 Å². The van der Waals surface area contributed by atoms with E-state index >= 15 is 0 Å². The number of aliphatic hydroxyl groups excluding tert-OH is 1. The maximum absolute atomic E-state index is 13.1. The van der Waals surface area contributed by atoms with Crippen LogP contribution in [0.15, 0.2) is 24.3 Å². The molecule has 26 heavy (non-hydrogen) atoms. The number of aliphatic hydroxyl groups is 2. The predicted molar refractivity (Wildman–Crippen MR) is 99.8 cm³/mol. The summed E-state index contributed by atoms with van der Waals surface area (Å²) in [7, 11) is 0. The van der Waals surface area contributed by atoms with Gasteiger partial charge in [0.1, 0.15) is 5.82 Å². The zero-order valence-electron chi connectivity index (χ0n) is 15.5. The van der Waals surface area contributed by atoms with Gasteiger partial charge in [0.15, 0.2) is 0 Å². The van der Waals surface area contributed by atoms with Crippen molar-refractivity contribution in [2.75, 3.05) is 44.2 Å². The first-order valence-electron chi connectivity index (χ1n) is 9.81. The van der Waals surface area contributed by atoms with E-state index < -0.39 is 5.60 Å². The third-order valence-corrected chi connectivity index (χ3v) is 6.46. The lowest BCUT2D eigenvalue weighted by molar-refractivity contribution is -0.0472. The molecular formula is C20H30FN3O2. The normalized spacial score (nSPS) is 32.6. The van der Waals surface area contributed by atoms with Crippen LogP contribution in [0.1, 0.15) is 26.2 Å². The molecule has 3 aliphatic rings. The number of β-amino-alcohol motifs (C(OH)–C–C–N with tert-alkyl or cyclic N) is 1. The maximum atomic E-state index is 13.1. The number of piperidine rings is 1. The Kier molecular flexibility index (Phi) is 4.94. The molecule has 0 radical (unpaired) electrons. The molecule has 1 aromatic carbocycles. The first-order valence-corrected chi connectivity index (χ1v) is 9.81. The van der Waals surface area contributed by atoms with Crippen molar-refractivity contribution in [1.82, 2.24) is 9.80 Å². The summed E-state index contributed by atoms with van der Waals surface area (Å²) in [5.74, 6) is -0.215. The van der Waals surface area contributed by atoms with E-state index in [-0.39, 0.29) is 11.9 Å². The molecule has 0 saturated carbocycles. The van der Waals surface area contributed by atoms with Crippen LogP contribution < -0.4 is 4.90 Å². The van der Waals surface area contributed by atoms with Gasteiger partial charge in [0.05, 0.1) is 11.7 Å². The highest BCUT2D eigenvalue weighted by Gasteiger charge is 2.41. The Bertz CT molecular complexity index is 618. The second-order valence-corrected chi connectivity index (χ2v) is 8.46. The summed E-state index contributed by atoms with van der Waals surface area (Å²) in [6.07, 6.45) is 2.10. The molecule has 0 aliphatic carbocycles. The summed E-state index contributed by atoms with van der Waals surface area (Å²) in [6.45, 7) is 7.20. The van der Waals surface area contributed by atoms with Crippen molar-refractivity contribution < 1.29 is 14.6 Å². The van der Waals surface area contributed by atoms with Gasteiger partial charge >= 0.3 is 0 Å². The lowest BCUT2D eigenvalue weighted by Gasteiger charge is -2.47. The van der Waals surface area contributed by atoms with E-state index in [1.165, 1.54) is 12.1 Å². The molecule has 3 heterocycles. The second kappa shape index (κ2) is 7.08. The van der Waals surface area contributed by atoms with E-state index in [1.54, 1.807) is 0 Å². The number of piperazine rings is 1. The Labute approximate surface area is 155 Å². The summed E-state index contributed by atoms with van der Waals surface area (Å²) in [5, 5.41) is 21.1. The molecule has 144 valence electrons. The van der Waals surface area contributed by atoms with Gasteiger partial charge in [-0.15, -0.1) is 0 Å². The minimum Gasteiger partial charge on any atom is -0.392 e. The summed E-state index contributed by atoms with van der Waals surface area (Å²) in [4.78, 5) is 7.03. The molecule has 3 fully saturated rings. The minimum atomic E-state index is -0.663. The number of hydrogen-bond acceptors (Lipinski definition) is 5. The molecule has 0 unspecified atom stereocenters. The number of halogens is 1. The Morgan fingerprint density at radius 3 is 2.50 bits per heavy atom. The van der Waals surface area contributed by atoms with Crippen LogP contribution >= 0.6 is 0 Å². The van der Waals surface area contributed by atoms with Crippen molar-refractivity contribution in [3.05, 3.63) is 30.1 Å². The monoisotopic (exact) mass is 363 g/mol. The van der Waals surface area contributed by atoms with Crippen LogP contribution in [0.5, 0.6) is 0 Å². The van der Waals surface area contributed by atoms with Crippen LogP contribution in [0.4, 0.5) is 10.1 Å². The Balaban J connectivity index is 1.34. The summed E-state index contributed by atoms with van der Waals surface area (Å²) < 4.78 is 13.1. The number of nitrogens with zero attached hydrogens (tertiary/aromatic N) is 3. The van der Waals surface area contributed by atoms with E-state index in [0.717, 1.165) is 57.7 Å². The van der Waals surface area contributed by atoms with E-state index in [4.69, 9.17) is 0 Å². The Morgan fingerprint density at radius 2 is 1.81 bits per heavy atom. The molecule has 1 aromatic rings. The van der Waals surface area contributed by atoms with Crippen LogP contribution in [0.2, 0.25) is 0 Å². The molecule has 3 aliphatic heterocycles. The maximum Gasteiger partial charge on any atom is 0.123 e. The fraction of sp³-hybridized carbons (Fsp3) is 0.700. The fourth-order valence-corrected chi connectivity index (χ4v) is 4.87. The Morgan fingerprint density at radius 1 is 1.12 bits per heavy atom. The minimum absolute atomic E-state index is 0.200. The van der Waals surface area contributed by atoms with E-state index in [9.17, 15) is 14.6 Å². The smallest absolute Gasteiger partial charge is 0.123 e. The predicted octanol–water partition coefficient (Wildman–Crippen LogP) is 1.30. The molecule has 0 amide bonds. The molecule has 4 rings (SSSR count). The zero-order valence-corrected chi connectivity index (χ0v) is 15.5. The van der Waals surface area contributed by atoms with Gasteiger partial charge in [-0.2, -0.15) is 0 Å². The first kappa shape index (κ1) is 18.2. The van der Waals surface area contributed by atoms with Crippen molar-refractivity contribution >= 4 is 5.69 Å². The summed E-state index contributed by atoms with van der Waals surface area (Å²) in [6, 6.07) is 7.43. The number of benzene rings is 1. The van der Waals surface area contributed by atoms with E-state index in [0.29, 0.717) is 18.6 Å². The third kappa shape index (κ3) is 3.74. The Hall–Kier alpha value is -1.21. The van der Waals surface area contributed by atoms with Gasteiger partial charge < -0.3 is 15.1 Å². The molecular weight excluding hydrogens is 333 g/mol. The van der Waals surface area contributed by atoms with Gasteiger partial charge in [-0.3, -0.25) is 9.80 Å². The van der Waals surface area contributed by atoms with Gasteiger partial charge in [0.25, 0.3) is 0 Å². The van der Waals surface area contributed by atoms with Crippen molar-refractivity contribution in [3.8, 4) is 0 Å². The number of hydrogen-bond donors (Lipinski definition) is 2. The standard InChI is InChI=1S/C20H30FN3O2/c1-15-11-23-13-19(25)10-18(23)12-24(15)14-20(26)6-8-22(9-7-20)17-4-2-16(21)3-5-17/h2-5,15,18-19,25-26H,6-14H2,1H3/t15-,18+,19+/m0/s1. The average Bonchev–Trinajstić information content (AvgIpc) is 2.95. The highest BCUT2D eigenvalue weighted by molar-refractivity contribution is 5.46. The molecule has 3 saturated heterocycles. The van der Waals surface area contributed by atoms with Crippen LogP contribution in [-0.4, -0.2) is 83.1 Å². The first-order chi connectivity index (χ1) is 12.4. The molecule has 5 nitrogen and oxygen atoms in total. The second-order valence-electron chi connectivity index (χ2n) is 8.46. The zero-order chi connectivity index (χ0) is 18.3. The largest absolute Gasteiger partial charge is 0.392 e. The number of fused-ring (bicyclic) bond motifs is 1. The molecule has 0 bridgehead atoms. The van der Waals surface area contributed by atoms with Crippen molar-refractivity contribution in [2.24, 2.45) is 0 Å². The number of anilines is 1. The van der Waals surface area contributed by atoms with Gasteiger partial charge in [0.2, 0.25) is 0 Å². The van der Waals surface area contributed by atoms with Gasteiger partial charge in [-0.05, 0) is 50.5 Å². The highest BCUT2D eigenvalue weighted by Crippen LogP contribution is 2.31. The quantitative estimate of drug-likeness (QED) is 0.848.